The summed E-state index contributed by atoms with van der Waals surface area (Å²) in [4.78, 5) is 0. The summed E-state index contributed by atoms with van der Waals surface area (Å²) in [6.07, 6.45) is 1.28. The number of nitrogens with two attached hydrogens (primary N) is 1. The van der Waals surface area contributed by atoms with Crippen LogP contribution < -0.4 is 16.3 Å². The van der Waals surface area contributed by atoms with Crippen molar-refractivity contribution < 1.29 is 0 Å². The zero-order valence-corrected chi connectivity index (χ0v) is 13.9. The molecule has 2 aromatic carbocycles. The maximum absolute atomic E-state index is 5.37. The molecule has 0 atom stereocenters. The summed E-state index contributed by atoms with van der Waals surface area (Å²) in [7, 11) is -0.708. The molecule has 102 valence electrons. The number of hydrogen-bond acceptors (Lipinski definition) is 2. The first-order valence-electron chi connectivity index (χ1n) is 6.03. The molecule has 0 aromatic heterocycles. The standard InChI is InChI=1S/C15H15IN3P/c1-13(19(16)18-12-17)20(14-8-4-2-5-9-14)15-10-6-3-7-11-15/h2-12H,1H2,(H2,17,18). The Hall–Kier alpha value is -1.39. The Morgan fingerprint density at radius 2 is 1.50 bits per heavy atom. The number of halogens is 1. The van der Waals surface area contributed by atoms with Gasteiger partial charge in [0, 0.05) is 7.92 Å². The van der Waals surface area contributed by atoms with E-state index in [2.05, 4.69) is 58.8 Å². The lowest BCUT2D eigenvalue weighted by Crippen LogP contribution is -2.17. The number of benzene rings is 2. The summed E-state index contributed by atoms with van der Waals surface area (Å²) in [5.74, 6) is 0. The molecule has 20 heavy (non-hydrogen) atoms. The van der Waals surface area contributed by atoms with E-state index in [9.17, 15) is 0 Å². The van der Waals surface area contributed by atoms with Gasteiger partial charge in [-0.15, -0.1) is 0 Å². The Balaban J connectivity index is 2.43. The first-order valence-corrected chi connectivity index (χ1v) is 8.34. The van der Waals surface area contributed by atoms with Crippen LogP contribution in [-0.4, -0.2) is 9.56 Å². The molecular weight excluding hydrogens is 380 g/mol. The van der Waals surface area contributed by atoms with Crippen molar-refractivity contribution >= 4 is 47.7 Å². The Labute approximate surface area is 134 Å². The Kier molecular flexibility index (Phi) is 5.56. The molecule has 0 amide bonds. The third-order valence-corrected chi connectivity index (χ3v) is 6.22. The smallest absolute Gasteiger partial charge is 0.107 e. The SMILES string of the molecule is C=C(N(I)/N=C\N)P(c1ccccc1)c1ccccc1. The molecular formula is C15H15IN3P. The van der Waals surface area contributed by atoms with E-state index in [0.29, 0.717) is 0 Å². The minimum Gasteiger partial charge on any atom is -0.388 e. The average molecular weight is 395 g/mol. The van der Waals surface area contributed by atoms with Gasteiger partial charge in [0.25, 0.3) is 0 Å². The van der Waals surface area contributed by atoms with Crippen LogP contribution in [-0.2, 0) is 0 Å². The van der Waals surface area contributed by atoms with Crippen molar-refractivity contribution in [2.24, 2.45) is 10.8 Å². The van der Waals surface area contributed by atoms with E-state index in [1.54, 1.807) is 3.22 Å². The second-order valence-corrected chi connectivity index (χ2v) is 7.08. The van der Waals surface area contributed by atoms with Gasteiger partial charge in [0.2, 0.25) is 0 Å². The summed E-state index contributed by atoms with van der Waals surface area (Å²) < 4.78 is 1.71. The molecule has 0 saturated heterocycles. The van der Waals surface area contributed by atoms with Gasteiger partial charge in [-0.25, -0.2) is 3.22 Å². The van der Waals surface area contributed by atoms with Crippen molar-refractivity contribution in [3.05, 3.63) is 72.7 Å². The van der Waals surface area contributed by atoms with Crippen molar-refractivity contribution in [3.63, 3.8) is 0 Å². The third-order valence-electron chi connectivity index (χ3n) is 2.67. The van der Waals surface area contributed by atoms with Crippen molar-refractivity contribution in [2.45, 2.75) is 0 Å². The molecule has 0 unspecified atom stereocenters. The molecule has 0 fully saturated rings. The van der Waals surface area contributed by atoms with Gasteiger partial charge >= 0.3 is 0 Å². The van der Waals surface area contributed by atoms with E-state index >= 15 is 0 Å². The van der Waals surface area contributed by atoms with Gasteiger partial charge in [-0.3, -0.25) is 0 Å². The predicted molar refractivity (Wildman–Crippen MR) is 96.8 cm³/mol. The van der Waals surface area contributed by atoms with Gasteiger partial charge in [0.1, 0.15) is 6.34 Å². The molecule has 5 heteroatoms. The quantitative estimate of drug-likeness (QED) is 0.211. The van der Waals surface area contributed by atoms with E-state index in [1.165, 1.54) is 16.9 Å². The second kappa shape index (κ2) is 7.41. The first kappa shape index (κ1) is 15.0. The highest BCUT2D eigenvalue weighted by Gasteiger charge is 2.20. The van der Waals surface area contributed by atoms with Crippen LogP contribution in [0.15, 0.2) is 77.8 Å². The number of hydrazone groups is 1. The molecule has 0 aliphatic heterocycles. The van der Waals surface area contributed by atoms with Crippen molar-refractivity contribution in [1.82, 2.24) is 3.22 Å². The van der Waals surface area contributed by atoms with E-state index in [4.69, 9.17) is 5.73 Å². The molecule has 0 saturated carbocycles. The number of hydrogen-bond donors (Lipinski definition) is 1. The number of rotatable bonds is 5. The van der Waals surface area contributed by atoms with Crippen LogP contribution in [0.1, 0.15) is 0 Å². The van der Waals surface area contributed by atoms with Gasteiger partial charge in [-0.05, 0) is 10.6 Å². The Morgan fingerprint density at radius 1 is 1.05 bits per heavy atom. The lowest BCUT2D eigenvalue weighted by Gasteiger charge is -2.24. The molecule has 2 N–H and O–H groups in total. The lowest BCUT2D eigenvalue weighted by atomic mass is 10.4. The van der Waals surface area contributed by atoms with Crippen LogP contribution in [0.4, 0.5) is 0 Å². The van der Waals surface area contributed by atoms with Gasteiger partial charge in [0.05, 0.1) is 28.3 Å². The molecule has 0 aliphatic carbocycles. The minimum absolute atomic E-state index is 0.708. The fraction of sp³-hybridized carbons (Fsp3) is 0. The molecule has 2 rings (SSSR count). The third kappa shape index (κ3) is 3.58. The van der Waals surface area contributed by atoms with Gasteiger partial charge in [-0.1, -0.05) is 67.2 Å². The highest BCUT2D eigenvalue weighted by Crippen LogP contribution is 2.44. The van der Waals surface area contributed by atoms with E-state index in [1.807, 2.05) is 36.4 Å². The summed E-state index contributed by atoms with van der Waals surface area (Å²) in [5, 5.41) is 6.57. The summed E-state index contributed by atoms with van der Waals surface area (Å²) >= 11 is 2.11. The molecule has 2 aromatic rings. The van der Waals surface area contributed by atoms with E-state index in [-0.39, 0.29) is 0 Å². The van der Waals surface area contributed by atoms with Crippen molar-refractivity contribution in [3.8, 4) is 0 Å². The highest BCUT2D eigenvalue weighted by atomic mass is 127. The fourth-order valence-corrected chi connectivity index (χ4v) is 4.65. The molecule has 0 aliphatic rings. The van der Waals surface area contributed by atoms with Crippen LogP contribution in [0.2, 0.25) is 0 Å². The maximum atomic E-state index is 5.37. The van der Waals surface area contributed by atoms with Crippen molar-refractivity contribution in [1.29, 1.82) is 0 Å². The fourth-order valence-electron chi connectivity index (χ4n) is 1.81. The summed E-state index contributed by atoms with van der Waals surface area (Å²) in [5.41, 5.74) is 6.30. The van der Waals surface area contributed by atoms with Crippen molar-refractivity contribution in [2.75, 3.05) is 0 Å². The highest BCUT2D eigenvalue weighted by molar-refractivity contribution is 14.1. The molecule has 0 spiro atoms. The van der Waals surface area contributed by atoms with Crippen LogP contribution >= 0.6 is 30.8 Å². The van der Waals surface area contributed by atoms with Crippen LogP contribution in [0.25, 0.3) is 0 Å². The van der Waals surface area contributed by atoms with Crippen LogP contribution in [0.5, 0.6) is 0 Å². The zero-order chi connectivity index (χ0) is 14.4. The van der Waals surface area contributed by atoms with E-state index < -0.39 is 7.92 Å². The maximum Gasteiger partial charge on any atom is 0.107 e. The lowest BCUT2D eigenvalue weighted by molar-refractivity contribution is 0.718. The average Bonchev–Trinajstić information content (AvgIpc) is 2.50. The molecule has 0 bridgehead atoms. The van der Waals surface area contributed by atoms with E-state index in [0.717, 1.165) is 5.44 Å². The minimum atomic E-state index is -0.708. The first-order chi connectivity index (χ1) is 9.74. The topological polar surface area (TPSA) is 41.6 Å². The molecule has 0 radical (unpaired) electrons. The normalized spacial score (nSPS) is 10.9. The Bertz CT molecular complexity index is 547. The summed E-state index contributed by atoms with van der Waals surface area (Å²) in [6, 6.07) is 20.7. The summed E-state index contributed by atoms with van der Waals surface area (Å²) in [6.45, 7) is 4.20. The van der Waals surface area contributed by atoms with Gasteiger partial charge in [-0.2, -0.15) is 5.10 Å². The van der Waals surface area contributed by atoms with Crippen LogP contribution in [0, 0.1) is 0 Å². The molecule has 3 nitrogen and oxygen atoms in total. The largest absolute Gasteiger partial charge is 0.388 e. The van der Waals surface area contributed by atoms with Gasteiger partial charge in [0.15, 0.2) is 0 Å². The monoisotopic (exact) mass is 395 g/mol. The second-order valence-electron chi connectivity index (χ2n) is 3.95. The number of nitrogens with zero attached hydrogens (tertiary/aromatic N) is 2. The predicted octanol–water partition coefficient (Wildman–Crippen LogP) is 3.14. The van der Waals surface area contributed by atoms with Crippen LogP contribution in [0.3, 0.4) is 0 Å². The van der Waals surface area contributed by atoms with Gasteiger partial charge < -0.3 is 5.73 Å². The molecule has 0 heterocycles. The zero-order valence-electron chi connectivity index (χ0n) is 10.9. The Morgan fingerprint density at radius 3 is 1.90 bits per heavy atom.